The van der Waals surface area contributed by atoms with Gasteiger partial charge in [-0.3, -0.25) is 4.72 Å². The third-order valence-electron chi connectivity index (χ3n) is 6.24. The van der Waals surface area contributed by atoms with Crippen LogP contribution in [0.4, 0.5) is 28.6 Å². The smallest absolute Gasteiger partial charge is 0.339 e. The molecular weight excluding hydrogens is 676 g/mol. The fourth-order valence-electron chi connectivity index (χ4n) is 3.82. The number of azo groups is 2. The Bertz CT molecular complexity index is 2160. The lowest BCUT2D eigenvalue weighted by Gasteiger charge is -2.07. The number of phenols is 3. The first-order chi connectivity index (χ1) is 23.7. The number of rotatable bonds is 10. The number of hydrogen-bond donors (Lipinski definition) is 7. The number of aromatic carboxylic acids is 3. The average molecular weight is 701 g/mol. The van der Waals surface area contributed by atoms with Crippen LogP contribution in [0.2, 0.25) is 0 Å². The molecule has 50 heavy (non-hydrogen) atoms. The monoisotopic (exact) mass is 700 g/mol. The molecule has 0 bridgehead atoms. The first-order valence-electron chi connectivity index (χ1n) is 13.8. The molecule has 18 heteroatoms. The summed E-state index contributed by atoms with van der Waals surface area (Å²) in [5, 5.41) is 70.3. The number of benzene rings is 4. The van der Waals surface area contributed by atoms with Crippen molar-refractivity contribution in [2.75, 3.05) is 4.72 Å². The lowest BCUT2D eigenvalue weighted by molar-refractivity contribution is 0.0682. The lowest BCUT2D eigenvalue weighted by Crippen LogP contribution is -2.13. The number of carboxylic acid groups (broad SMARTS) is 3. The van der Waals surface area contributed by atoms with Gasteiger partial charge >= 0.3 is 17.9 Å². The van der Waals surface area contributed by atoms with Crippen LogP contribution in [0.3, 0.4) is 0 Å². The fraction of sp³-hybridized carbons (Fsp3) is 0. The van der Waals surface area contributed by atoms with Crippen LogP contribution >= 0.6 is 0 Å². The number of sulfonamides is 1. The van der Waals surface area contributed by atoms with Gasteiger partial charge in [0, 0.05) is 6.20 Å². The first-order valence-corrected chi connectivity index (χ1v) is 15.3. The number of carboxylic acids is 3. The summed E-state index contributed by atoms with van der Waals surface area (Å²) in [6.45, 7) is 0. The molecule has 254 valence electrons. The molecular formula is C32H24N6O11S. The van der Waals surface area contributed by atoms with Crippen LogP contribution in [-0.2, 0) is 10.0 Å². The Kier molecular flexibility index (Phi) is 11.1. The van der Waals surface area contributed by atoms with E-state index in [0.717, 1.165) is 24.3 Å². The number of nitrogens with zero attached hydrogens (tertiary/aromatic N) is 5. The Hall–Kier alpha value is -7.21. The Labute approximate surface area is 281 Å². The van der Waals surface area contributed by atoms with E-state index in [1.54, 1.807) is 12.1 Å². The minimum atomic E-state index is -3.79. The van der Waals surface area contributed by atoms with E-state index >= 15 is 0 Å². The minimum absolute atomic E-state index is 0.0231. The van der Waals surface area contributed by atoms with Crippen LogP contribution in [0.5, 0.6) is 17.2 Å². The molecule has 1 aromatic heterocycles. The molecule has 0 unspecified atom stereocenters. The summed E-state index contributed by atoms with van der Waals surface area (Å²) < 4.78 is 27.0. The van der Waals surface area contributed by atoms with Crippen molar-refractivity contribution in [1.82, 2.24) is 4.98 Å². The number of hydrogen-bond acceptors (Lipinski definition) is 13. The number of aromatic nitrogens is 1. The molecule has 7 N–H and O–H groups in total. The third kappa shape index (κ3) is 9.42. The first kappa shape index (κ1) is 35.6. The highest BCUT2D eigenvalue weighted by Gasteiger charge is 2.15. The van der Waals surface area contributed by atoms with Gasteiger partial charge in [-0.2, -0.15) is 20.5 Å². The molecule has 5 rings (SSSR count). The van der Waals surface area contributed by atoms with Gasteiger partial charge in [0.05, 0.1) is 27.6 Å². The molecule has 0 aliphatic heterocycles. The maximum atomic E-state index is 12.3. The number of anilines is 1. The average Bonchev–Trinajstić information content (AvgIpc) is 3.08. The second-order valence-electron chi connectivity index (χ2n) is 9.73. The molecule has 1 heterocycles. The highest BCUT2D eigenvalue weighted by Crippen LogP contribution is 2.28. The predicted octanol–water partition coefficient (Wildman–Crippen LogP) is 6.61. The maximum absolute atomic E-state index is 12.3. The van der Waals surface area contributed by atoms with E-state index in [0.29, 0.717) is 5.69 Å². The molecule has 0 aliphatic carbocycles. The summed E-state index contributed by atoms with van der Waals surface area (Å²) in [4.78, 5) is 36.7. The molecule has 0 amide bonds. The summed E-state index contributed by atoms with van der Waals surface area (Å²) in [6, 6.07) is 21.6. The van der Waals surface area contributed by atoms with E-state index in [2.05, 4.69) is 30.2 Å². The van der Waals surface area contributed by atoms with E-state index in [9.17, 15) is 38.1 Å². The summed E-state index contributed by atoms with van der Waals surface area (Å²) >= 11 is 0. The van der Waals surface area contributed by atoms with Gasteiger partial charge in [0.15, 0.2) is 0 Å². The summed E-state index contributed by atoms with van der Waals surface area (Å²) in [5.74, 6) is -4.88. The second kappa shape index (κ2) is 15.6. The summed E-state index contributed by atoms with van der Waals surface area (Å²) in [5.41, 5.74) is -0.0222. The van der Waals surface area contributed by atoms with Crippen molar-refractivity contribution in [3.05, 3.63) is 120 Å². The molecule has 0 aliphatic rings. The minimum Gasteiger partial charge on any atom is -0.507 e. The van der Waals surface area contributed by atoms with Crippen LogP contribution in [0.25, 0.3) is 0 Å². The Morgan fingerprint density at radius 3 is 1.28 bits per heavy atom. The van der Waals surface area contributed by atoms with Crippen LogP contribution in [-0.4, -0.2) is 61.9 Å². The van der Waals surface area contributed by atoms with Crippen LogP contribution < -0.4 is 4.72 Å². The number of aromatic hydroxyl groups is 3. The SMILES string of the molecule is O=C(O)c1cc(N=Nc2ccc(O)c(C(=O)O)c2)ccc1O.O=C(O)c1cc(N=Nc2ccc(S(=O)(=O)Nc3ccccn3)cc2)ccc1O. The number of carbonyl (C=O) groups is 3. The van der Waals surface area contributed by atoms with E-state index in [1.807, 2.05) is 0 Å². The Morgan fingerprint density at radius 2 is 0.920 bits per heavy atom. The largest absolute Gasteiger partial charge is 0.507 e. The molecule has 0 radical (unpaired) electrons. The number of nitrogens with one attached hydrogen (secondary N) is 1. The lowest BCUT2D eigenvalue weighted by atomic mass is 10.2. The zero-order chi connectivity index (χ0) is 36.4. The van der Waals surface area contributed by atoms with Crippen molar-refractivity contribution in [2.24, 2.45) is 20.5 Å². The van der Waals surface area contributed by atoms with E-state index in [4.69, 9.17) is 15.3 Å². The Morgan fingerprint density at radius 1 is 0.540 bits per heavy atom. The van der Waals surface area contributed by atoms with Crippen LogP contribution in [0, 0.1) is 0 Å². The normalized spacial score (nSPS) is 11.1. The van der Waals surface area contributed by atoms with Crippen molar-refractivity contribution in [3.63, 3.8) is 0 Å². The quantitative estimate of drug-likeness (QED) is 0.0758. The van der Waals surface area contributed by atoms with E-state index in [1.165, 1.54) is 66.9 Å². The van der Waals surface area contributed by atoms with E-state index < -0.39 is 39.4 Å². The van der Waals surface area contributed by atoms with Crippen molar-refractivity contribution >= 4 is 56.5 Å². The highest BCUT2D eigenvalue weighted by atomic mass is 32.2. The molecule has 0 saturated carbocycles. The van der Waals surface area contributed by atoms with Crippen molar-refractivity contribution in [3.8, 4) is 17.2 Å². The van der Waals surface area contributed by atoms with Crippen LogP contribution in [0.15, 0.2) is 129 Å². The molecule has 5 aromatic rings. The van der Waals surface area contributed by atoms with Crippen molar-refractivity contribution in [1.29, 1.82) is 0 Å². The van der Waals surface area contributed by atoms with Gasteiger partial charge in [-0.15, -0.1) is 0 Å². The van der Waals surface area contributed by atoms with Crippen LogP contribution in [0.1, 0.15) is 31.1 Å². The molecule has 0 atom stereocenters. The number of pyridine rings is 1. The third-order valence-corrected chi connectivity index (χ3v) is 7.61. The fourth-order valence-corrected chi connectivity index (χ4v) is 4.82. The van der Waals surface area contributed by atoms with Gasteiger partial charge in [0.2, 0.25) is 0 Å². The van der Waals surface area contributed by atoms with Gasteiger partial charge in [0.25, 0.3) is 10.0 Å². The zero-order valence-corrected chi connectivity index (χ0v) is 26.0. The summed E-state index contributed by atoms with van der Waals surface area (Å²) in [6.07, 6.45) is 1.47. The van der Waals surface area contributed by atoms with Gasteiger partial charge in [-0.1, -0.05) is 6.07 Å². The summed E-state index contributed by atoms with van der Waals surface area (Å²) in [7, 11) is -3.79. The standard InChI is InChI=1S/C18H14N4O5S.C14H10N2O6/c23-16-9-6-13(11-15(16)18(24)25)21-20-12-4-7-14(8-5-12)28(26,27)22-17-3-1-2-10-19-17;17-11-3-1-7(5-9(11)13(19)20)15-16-8-2-4-12(18)10(6-8)14(21)22/h1-11,23H,(H,19,22)(H,24,25);1-6,17-18H,(H,19,20)(H,21,22). The van der Waals surface area contributed by atoms with Gasteiger partial charge in [-0.25, -0.2) is 27.8 Å². The molecule has 4 aromatic carbocycles. The molecule has 0 fully saturated rings. The van der Waals surface area contributed by atoms with Crippen molar-refractivity contribution in [2.45, 2.75) is 4.90 Å². The highest BCUT2D eigenvalue weighted by molar-refractivity contribution is 7.92. The van der Waals surface area contributed by atoms with E-state index in [-0.39, 0.29) is 50.2 Å². The molecule has 17 nitrogen and oxygen atoms in total. The topological polar surface area (TPSA) is 281 Å². The zero-order valence-electron chi connectivity index (χ0n) is 25.2. The van der Waals surface area contributed by atoms with Crippen molar-refractivity contribution < 1.29 is 53.4 Å². The predicted molar refractivity (Wildman–Crippen MR) is 175 cm³/mol. The van der Waals surface area contributed by atoms with Gasteiger partial charge in [-0.05, 0) is 91.0 Å². The molecule has 0 spiro atoms. The Balaban J connectivity index is 0.000000232. The second-order valence-corrected chi connectivity index (χ2v) is 11.4. The maximum Gasteiger partial charge on any atom is 0.339 e. The van der Waals surface area contributed by atoms with Gasteiger partial charge < -0.3 is 30.6 Å². The van der Waals surface area contributed by atoms with Gasteiger partial charge in [0.1, 0.15) is 39.8 Å². The molecule has 0 saturated heterocycles.